The quantitative estimate of drug-likeness (QED) is 0.856. The molecule has 1 heterocycles. The second-order valence-corrected chi connectivity index (χ2v) is 5.47. The third-order valence-corrected chi connectivity index (χ3v) is 3.51. The van der Waals surface area contributed by atoms with Gasteiger partial charge < -0.3 is 10.0 Å². The molecule has 2 rings (SSSR count). The highest BCUT2D eigenvalue weighted by Crippen LogP contribution is 2.32. The van der Waals surface area contributed by atoms with Crippen molar-refractivity contribution in [1.29, 1.82) is 0 Å². The van der Waals surface area contributed by atoms with Crippen molar-refractivity contribution in [3.8, 4) is 0 Å². The van der Waals surface area contributed by atoms with Gasteiger partial charge in [-0.05, 0) is 50.7 Å². The molecule has 0 spiro atoms. The lowest BCUT2D eigenvalue weighted by molar-refractivity contribution is 0.0696. The van der Waals surface area contributed by atoms with Crippen molar-refractivity contribution in [2.75, 3.05) is 18.0 Å². The fraction of sp³-hybridized carbons (Fsp3) is 0.600. The minimum atomic E-state index is -0.878. The number of hydrogen-bond donors (Lipinski definition) is 1. The van der Waals surface area contributed by atoms with Crippen LogP contribution in [0, 0.1) is 19.8 Å². The number of aryl methyl sites for hydroxylation is 2. The van der Waals surface area contributed by atoms with E-state index in [0.29, 0.717) is 11.4 Å². The second kappa shape index (κ2) is 5.59. The number of hydrogen-bond acceptors (Lipinski definition) is 3. The standard InChI is InChI=1S/C15H22N2O2/c1-4-7-17(9-12-5-6-12)14-13(15(18)19)10(2)8-11(3)16-14/h8,12H,4-7,9H2,1-3H3,(H,18,19). The zero-order valence-corrected chi connectivity index (χ0v) is 11.9. The normalized spacial score (nSPS) is 14.5. The lowest BCUT2D eigenvalue weighted by Crippen LogP contribution is -2.30. The second-order valence-electron chi connectivity index (χ2n) is 5.47. The lowest BCUT2D eigenvalue weighted by Gasteiger charge is -2.25. The minimum absolute atomic E-state index is 0.361. The lowest BCUT2D eigenvalue weighted by atomic mass is 10.1. The number of pyridine rings is 1. The van der Waals surface area contributed by atoms with Crippen LogP contribution < -0.4 is 4.90 Å². The van der Waals surface area contributed by atoms with Crippen LogP contribution in [0.15, 0.2) is 6.07 Å². The Hall–Kier alpha value is -1.58. The molecule has 1 saturated carbocycles. The van der Waals surface area contributed by atoms with Crippen molar-refractivity contribution < 1.29 is 9.90 Å². The van der Waals surface area contributed by atoms with E-state index in [1.165, 1.54) is 12.8 Å². The average molecular weight is 262 g/mol. The first-order valence-corrected chi connectivity index (χ1v) is 6.99. The predicted octanol–water partition coefficient (Wildman–Crippen LogP) is 3.02. The summed E-state index contributed by atoms with van der Waals surface area (Å²) in [7, 11) is 0. The van der Waals surface area contributed by atoms with Gasteiger partial charge in [0.1, 0.15) is 11.4 Å². The zero-order valence-electron chi connectivity index (χ0n) is 11.9. The molecule has 0 aromatic carbocycles. The van der Waals surface area contributed by atoms with E-state index in [4.69, 9.17) is 0 Å². The van der Waals surface area contributed by atoms with Gasteiger partial charge in [0.05, 0.1) is 0 Å². The number of anilines is 1. The highest BCUT2D eigenvalue weighted by molar-refractivity contribution is 5.95. The molecule has 1 fully saturated rings. The molecule has 0 saturated heterocycles. The van der Waals surface area contributed by atoms with Crippen molar-refractivity contribution >= 4 is 11.8 Å². The first-order chi connectivity index (χ1) is 9.02. The fourth-order valence-electron chi connectivity index (χ4n) is 2.48. The van der Waals surface area contributed by atoms with Crippen LogP contribution in [0.2, 0.25) is 0 Å². The number of carbonyl (C=O) groups is 1. The summed E-state index contributed by atoms with van der Waals surface area (Å²) in [6.07, 6.45) is 3.52. The molecule has 1 aromatic heterocycles. The van der Waals surface area contributed by atoms with E-state index in [-0.39, 0.29) is 0 Å². The van der Waals surface area contributed by atoms with E-state index in [9.17, 15) is 9.90 Å². The monoisotopic (exact) mass is 262 g/mol. The highest BCUT2D eigenvalue weighted by atomic mass is 16.4. The van der Waals surface area contributed by atoms with Gasteiger partial charge in [-0.1, -0.05) is 6.92 Å². The molecule has 19 heavy (non-hydrogen) atoms. The minimum Gasteiger partial charge on any atom is -0.478 e. The largest absolute Gasteiger partial charge is 0.478 e. The van der Waals surface area contributed by atoms with Gasteiger partial charge in [0.15, 0.2) is 0 Å². The van der Waals surface area contributed by atoms with Crippen LogP contribution in [0.25, 0.3) is 0 Å². The number of rotatable bonds is 6. The van der Waals surface area contributed by atoms with Crippen LogP contribution >= 0.6 is 0 Å². The third-order valence-electron chi connectivity index (χ3n) is 3.51. The Morgan fingerprint density at radius 2 is 2.16 bits per heavy atom. The van der Waals surface area contributed by atoms with Crippen LogP contribution in [0.1, 0.15) is 47.8 Å². The smallest absolute Gasteiger partial charge is 0.339 e. The van der Waals surface area contributed by atoms with Crippen LogP contribution in [-0.4, -0.2) is 29.1 Å². The first kappa shape index (κ1) is 13.8. The Morgan fingerprint density at radius 1 is 1.47 bits per heavy atom. The molecule has 1 aromatic rings. The van der Waals surface area contributed by atoms with Gasteiger partial charge in [0.2, 0.25) is 0 Å². The van der Waals surface area contributed by atoms with Crippen LogP contribution in [0.4, 0.5) is 5.82 Å². The van der Waals surface area contributed by atoms with Gasteiger partial charge in [-0.25, -0.2) is 9.78 Å². The number of nitrogens with zero attached hydrogens (tertiary/aromatic N) is 2. The van der Waals surface area contributed by atoms with E-state index in [0.717, 1.165) is 36.7 Å². The first-order valence-electron chi connectivity index (χ1n) is 6.99. The summed E-state index contributed by atoms with van der Waals surface area (Å²) in [5.74, 6) is 0.492. The van der Waals surface area contributed by atoms with Crippen molar-refractivity contribution in [2.45, 2.75) is 40.0 Å². The van der Waals surface area contributed by atoms with E-state index < -0.39 is 5.97 Å². The maximum Gasteiger partial charge on any atom is 0.339 e. The Morgan fingerprint density at radius 3 is 2.68 bits per heavy atom. The molecular weight excluding hydrogens is 240 g/mol. The molecule has 1 aliphatic carbocycles. The van der Waals surface area contributed by atoms with E-state index in [1.54, 1.807) is 0 Å². The number of aromatic nitrogens is 1. The number of aromatic carboxylic acids is 1. The van der Waals surface area contributed by atoms with Crippen LogP contribution in [-0.2, 0) is 0 Å². The van der Waals surface area contributed by atoms with Gasteiger partial charge in [0, 0.05) is 18.8 Å². The molecule has 104 valence electrons. The predicted molar refractivity (Wildman–Crippen MR) is 75.9 cm³/mol. The highest BCUT2D eigenvalue weighted by Gasteiger charge is 2.27. The Kier molecular flexibility index (Phi) is 4.08. The van der Waals surface area contributed by atoms with Crippen molar-refractivity contribution in [3.05, 3.63) is 22.9 Å². The Balaban J connectivity index is 2.40. The molecule has 4 heteroatoms. The zero-order chi connectivity index (χ0) is 14.0. The molecule has 0 aliphatic heterocycles. The van der Waals surface area contributed by atoms with Gasteiger partial charge in [-0.15, -0.1) is 0 Å². The van der Waals surface area contributed by atoms with Crippen molar-refractivity contribution in [1.82, 2.24) is 4.98 Å². The SMILES string of the molecule is CCCN(CC1CC1)c1nc(C)cc(C)c1C(=O)O. The van der Waals surface area contributed by atoms with Crippen molar-refractivity contribution in [3.63, 3.8) is 0 Å². The summed E-state index contributed by atoms with van der Waals surface area (Å²) in [5, 5.41) is 9.44. The van der Waals surface area contributed by atoms with Gasteiger partial charge in [-0.2, -0.15) is 0 Å². The van der Waals surface area contributed by atoms with E-state index in [1.807, 2.05) is 19.9 Å². The van der Waals surface area contributed by atoms with Gasteiger partial charge >= 0.3 is 5.97 Å². The molecule has 1 N–H and O–H groups in total. The Labute approximate surface area is 114 Å². The molecule has 0 amide bonds. The van der Waals surface area contributed by atoms with Crippen LogP contribution in [0.3, 0.4) is 0 Å². The molecule has 1 aliphatic rings. The topological polar surface area (TPSA) is 53.4 Å². The summed E-state index contributed by atoms with van der Waals surface area (Å²) < 4.78 is 0. The molecule has 0 bridgehead atoms. The molecule has 0 unspecified atom stereocenters. The molecule has 0 radical (unpaired) electrons. The summed E-state index contributed by atoms with van der Waals surface area (Å²) >= 11 is 0. The maximum absolute atomic E-state index is 11.5. The van der Waals surface area contributed by atoms with Gasteiger partial charge in [0.25, 0.3) is 0 Å². The summed E-state index contributed by atoms with van der Waals surface area (Å²) in [4.78, 5) is 18.2. The third kappa shape index (κ3) is 3.25. The molecular formula is C15H22N2O2. The fourth-order valence-corrected chi connectivity index (χ4v) is 2.48. The maximum atomic E-state index is 11.5. The molecule has 0 atom stereocenters. The average Bonchev–Trinajstić information content (AvgIpc) is 3.10. The van der Waals surface area contributed by atoms with E-state index in [2.05, 4.69) is 16.8 Å². The van der Waals surface area contributed by atoms with Gasteiger partial charge in [-0.3, -0.25) is 0 Å². The number of carboxylic acid groups (broad SMARTS) is 1. The Bertz CT molecular complexity index is 481. The number of carboxylic acids is 1. The summed E-state index contributed by atoms with van der Waals surface area (Å²) in [6, 6.07) is 1.84. The summed E-state index contributed by atoms with van der Waals surface area (Å²) in [6.45, 7) is 7.69. The van der Waals surface area contributed by atoms with Crippen LogP contribution in [0.5, 0.6) is 0 Å². The van der Waals surface area contributed by atoms with Crippen molar-refractivity contribution in [2.24, 2.45) is 5.92 Å². The molecule has 4 nitrogen and oxygen atoms in total. The summed E-state index contributed by atoms with van der Waals surface area (Å²) in [5.41, 5.74) is 2.04. The van der Waals surface area contributed by atoms with E-state index >= 15 is 0 Å².